The number of benzene rings is 1. The lowest BCUT2D eigenvalue weighted by Gasteiger charge is -2.30. The number of halogens is 2. The second kappa shape index (κ2) is 7.07. The lowest BCUT2D eigenvalue weighted by Crippen LogP contribution is -2.35. The van der Waals surface area contributed by atoms with Gasteiger partial charge in [0.1, 0.15) is 0 Å². The van der Waals surface area contributed by atoms with Crippen LogP contribution >= 0.6 is 11.8 Å². The molecule has 0 radical (unpaired) electrons. The Labute approximate surface area is 130 Å². The van der Waals surface area contributed by atoms with Crippen LogP contribution in [0.4, 0.5) is 8.78 Å². The molecule has 2 rings (SSSR count). The topological polar surface area (TPSA) is 29.3 Å². The van der Waals surface area contributed by atoms with E-state index in [1.54, 1.807) is 12.1 Å². The van der Waals surface area contributed by atoms with E-state index < -0.39 is 6.43 Å². The molecule has 1 aliphatic heterocycles. The zero-order valence-electron chi connectivity index (χ0n) is 12.7. The predicted molar refractivity (Wildman–Crippen MR) is 85.9 cm³/mol. The maximum atomic E-state index is 12.6. The zero-order valence-corrected chi connectivity index (χ0v) is 13.5. The van der Waals surface area contributed by atoms with Gasteiger partial charge in [0.05, 0.1) is 0 Å². The monoisotopic (exact) mass is 314 g/mol. The largest absolute Gasteiger partial charge is 0.329 e. The van der Waals surface area contributed by atoms with Gasteiger partial charge in [-0.3, -0.25) is 4.90 Å². The minimum Gasteiger partial charge on any atom is -0.329 e. The van der Waals surface area contributed by atoms with Gasteiger partial charge in [-0.05, 0) is 12.0 Å². The fraction of sp³-hybridized carbons (Fsp3) is 0.625. The maximum absolute atomic E-state index is 12.6. The van der Waals surface area contributed by atoms with E-state index in [4.69, 9.17) is 5.73 Å². The molecule has 0 amide bonds. The second-order valence-electron chi connectivity index (χ2n) is 6.11. The maximum Gasteiger partial charge on any atom is 0.263 e. The Kier molecular flexibility index (Phi) is 5.63. The second-order valence-corrected chi connectivity index (χ2v) is 7.92. The molecule has 2 N–H and O–H groups in total. The van der Waals surface area contributed by atoms with Crippen molar-refractivity contribution in [2.45, 2.75) is 37.5 Å². The van der Waals surface area contributed by atoms with Crippen LogP contribution in [0.5, 0.6) is 0 Å². The summed E-state index contributed by atoms with van der Waals surface area (Å²) in [5, 5.41) is 0. The molecule has 1 atom stereocenters. The van der Waals surface area contributed by atoms with Crippen molar-refractivity contribution in [2.24, 2.45) is 5.73 Å². The van der Waals surface area contributed by atoms with E-state index in [1.807, 2.05) is 11.8 Å². The van der Waals surface area contributed by atoms with Crippen LogP contribution in [0.2, 0.25) is 0 Å². The van der Waals surface area contributed by atoms with Gasteiger partial charge in [-0.1, -0.05) is 38.1 Å². The average Bonchev–Trinajstić information content (AvgIpc) is 2.62. The van der Waals surface area contributed by atoms with Gasteiger partial charge in [0.15, 0.2) is 0 Å². The van der Waals surface area contributed by atoms with Crippen molar-refractivity contribution < 1.29 is 8.78 Å². The minimum atomic E-state index is -2.41. The number of alkyl halides is 2. The highest BCUT2D eigenvalue weighted by Gasteiger charge is 2.27. The minimum absolute atomic E-state index is 0.0714. The molecule has 0 spiro atoms. The summed E-state index contributed by atoms with van der Waals surface area (Å²) in [6, 6.07) is 6.73. The molecule has 1 aliphatic rings. The fourth-order valence-electron chi connectivity index (χ4n) is 2.71. The highest BCUT2D eigenvalue weighted by atomic mass is 32.2. The number of hydrogen-bond acceptors (Lipinski definition) is 3. The summed E-state index contributed by atoms with van der Waals surface area (Å²) in [6.45, 7) is 7.05. The van der Waals surface area contributed by atoms with E-state index in [-0.39, 0.29) is 11.6 Å². The Morgan fingerprint density at radius 1 is 1.19 bits per heavy atom. The third-order valence-corrected chi connectivity index (χ3v) is 5.48. The van der Waals surface area contributed by atoms with Crippen molar-refractivity contribution >= 4 is 11.8 Å². The summed E-state index contributed by atoms with van der Waals surface area (Å²) in [4.78, 5) is 2.39. The highest BCUT2D eigenvalue weighted by molar-refractivity contribution is 8.00. The molecule has 5 heteroatoms. The van der Waals surface area contributed by atoms with Crippen LogP contribution in [0, 0.1) is 0 Å². The van der Waals surface area contributed by atoms with Crippen molar-refractivity contribution in [3.8, 4) is 0 Å². The van der Waals surface area contributed by atoms with Crippen LogP contribution in [0.1, 0.15) is 43.9 Å². The molecular formula is C16H24F2N2S. The molecule has 1 aromatic carbocycles. The van der Waals surface area contributed by atoms with E-state index in [9.17, 15) is 8.78 Å². The molecule has 0 bridgehead atoms. The molecule has 1 saturated heterocycles. The first-order valence-corrected chi connectivity index (χ1v) is 8.37. The van der Waals surface area contributed by atoms with Gasteiger partial charge in [-0.15, -0.1) is 0 Å². The van der Waals surface area contributed by atoms with Gasteiger partial charge in [-0.25, -0.2) is 8.78 Å². The fourth-order valence-corrected chi connectivity index (χ4v) is 3.82. The molecule has 1 unspecified atom stereocenters. The first kappa shape index (κ1) is 16.7. The van der Waals surface area contributed by atoms with Gasteiger partial charge in [0.2, 0.25) is 0 Å². The molecule has 21 heavy (non-hydrogen) atoms. The van der Waals surface area contributed by atoms with E-state index in [1.165, 1.54) is 12.1 Å². The Balaban J connectivity index is 2.11. The lowest BCUT2D eigenvalue weighted by atomic mass is 10.0. The first-order chi connectivity index (χ1) is 9.93. The molecular weight excluding hydrogens is 290 g/mol. The standard InChI is InChI=1S/C16H24F2N2S/c1-16(2)7-8-20(9-10-21-16)14(11-19)12-3-5-13(6-4-12)15(17)18/h3-6,14-15H,7-11,19H2,1-2H3. The number of thioether (sulfide) groups is 1. The molecule has 0 aliphatic carbocycles. The van der Waals surface area contributed by atoms with E-state index in [0.717, 1.165) is 30.8 Å². The van der Waals surface area contributed by atoms with Crippen molar-refractivity contribution in [3.63, 3.8) is 0 Å². The normalized spacial score (nSPS) is 21.2. The molecule has 118 valence electrons. The quantitative estimate of drug-likeness (QED) is 0.915. The molecule has 1 aromatic rings. The van der Waals surface area contributed by atoms with Crippen LogP contribution in [0.25, 0.3) is 0 Å². The third-order valence-electron chi connectivity index (χ3n) is 4.11. The molecule has 1 heterocycles. The number of nitrogens with two attached hydrogens (primary N) is 1. The van der Waals surface area contributed by atoms with Gasteiger partial charge in [0, 0.05) is 41.7 Å². The molecule has 0 saturated carbocycles. The molecule has 2 nitrogen and oxygen atoms in total. The van der Waals surface area contributed by atoms with E-state index >= 15 is 0 Å². The molecule has 1 fully saturated rings. The summed E-state index contributed by atoms with van der Waals surface area (Å²) in [5.41, 5.74) is 7.06. The smallest absolute Gasteiger partial charge is 0.263 e. The lowest BCUT2D eigenvalue weighted by molar-refractivity contribution is 0.151. The van der Waals surface area contributed by atoms with Crippen molar-refractivity contribution in [3.05, 3.63) is 35.4 Å². The van der Waals surface area contributed by atoms with Crippen molar-refractivity contribution in [1.82, 2.24) is 4.90 Å². The number of hydrogen-bond donors (Lipinski definition) is 1. The van der Waals surface area contributed by atoms with Crippen LogP contribution < -0.4 is 5.73 Å². The zero-order chi connectivity index (χ0) is 15.5. The van der Waals surface area contributed by atoms with Crippen LogP contribution in [-0.4, -0.2) is 35.0 Å². The summed E-state index contributed by atoms with van der Waals surface area (Å²) >= 11 is 1.99. The Bertz CT molecular complexity index is 448. The summed E-state index contributed by atoms with van der Waals surface area (Å²) in [5.74, 6) is 1.08. The number of nitrogens with zero attached hydrogens (tertiary/aromatic N) is 1. The number of rotatable bonds is 4. The van der Waals surface area contributed by atoms with Crippen molar-refractivity contribution in [1.29, 1.82) is 0 Å². The van der Waals surface area contributed by atoms with E-state index in [0.29, 0.717) is 11.3 Å². The highest BCUT2D eigenvalue weighted by Crippen LogP contribution is 2.33. The summed E-state index contributed by atoms with van der Waals surface area (Å²) in [6.07, 6.45) is -1.30. The van der Waals surface area contributed by atoms with Crippen LogP contribution in [-0.2, 0) is 0 Å². The van der Waals surface area contributed by atoms with Gasteiger partial charge in [-0.2, -0.15) is 11.8 Å². The Morgan fingerprint density at radius 2 is 1.81 bits per heavy atom. The SMILES string of the molecule is CC1(C)CCN(C(CN)c2ccc(C(F)F)cc2)CCS1. The summed E-state index contributed by atoms with van der Waals surface area (Å²) in [7, 11) is 0. The Morgan fingerprint density at radius 3 is 2.38 bits per heavy atom. The predicted octanol–water partition coefficient (Wildman–Crippen LogP) is 3.84. The first-order valence-electron chi connectivity index (χ1n) is 7.39. The van der Waals surface area contributed by atoms with Gasteiger partial charge >= 0.3 is 0 Å². The molecule has 0 aromatic heterocycles. The van der Waals surface area contributed by atoms with Crippen LogP contribution in [0.3, 0.4) is 0 Å². The van der Waals surface area contributed by atoms with Gasteiger partial charge in [0.25, 0.3) is 6.43 Å². The van der Waals surface area contributed by atoms with Crippen LogP contribution in [0.15, 0.2) is 24.3 Å². The summed E-state index contributed by atoms with van der Waals surface area (Å²) < 4.78 is 25.6. The average molecular weight is 314 g/mol. The van der Waals surface area contributed by atoms with Crippen molar-refractivity contribution in [2.75, 3.05) is 25.4 Å². The Hall–Kier alpha value is -0.650. The third kappa shape index (κ3) is 4.41. The van der Waals surface area contributed by atoms with E-state index in [2.05, 4.69) is 18.7 Å². The van der Waals surface area contributed by atoms with Gasteiger partial charge < -0.3 is 5.73 Å².